The van der Waals surface area contributed by atoms with Gasteiger partial charge in [0, 0.05) is 31.9 Å². The van der Waals surface area contributed by atoms with Crippen molar-refractivity contribution in [1.82, 2.24) is 4.90 Å². The first-order valence-corrected chi connectivity index (χ1v) is 7.67. The largest absolute Gasteiger partial charge is 0.372 e. The molecule has 2 nitrogen and oxygen atoms in total. The molecular formula is C17H28N2. The van der Waals surface area contributed by atoms with Gasteiger partial charge in [0.15, 0.2) is 0 Å². The lowest BCUT2D eigenvalue weighted by molar-refractivity contribution is 0.288. The second-order valence-corrected chi connectivity index (χ2v) is 6.30. The topological polar surface area (TPSA) is 6.48 Å². The second kappa shape index (κ2) is 6.95. The van der Waals surface area contributed by atoms with Crippen molar-refractivity contribution in [3.05, 3.63) is 29.8 Å². The van der Waals surface area contributed by atoms with E-state index in [1.807, 2.05) is 0 Å². The first kappa shape index (κ1) is 14.4. The Morgan fingerprint density at radius 1 is 1.05 bits per heavy atom. The van der Waals surface area contributed by atoms with E-state index < -0.39 is 0 Å². The Hall–Kier alpha value is -1.02. The first-order valence-electron chi connectivity index (χ1n) is 7.67. The maximum absolute atomic E-state index is 2.52. The second-order valence-electron chi connectivity index (χ2n) is 6.30. The minimum absolute atomic E-state index is 0.734. The van der Waals surface area contributed by atoms with Gasteiger partial charge in [0.1, 0.15) is 0 Å². The van der Waals surface area contributed by atoms with Crippen molar-refractivity contribution in [3.63, 3.8) is 0 Å². The molecule has 2 heteroatoms. The average molecular weight is 260 g/mol. The van der Waals surface area contributed by atoms with Gasteiger partial charge in [-0.25, -0.2) is 0 Å². The smallest absolute Gasteiger partial charge is 0.0366 e. The summed E-state index contributed by atoms with van der Waals surface area (Å²) >= 11 is 0. The monoisotopic (exact) mass is 260 g/mol. The van der Waals surface area contributed by atoms with Crippen LogP contribution in [-0.2, 0) is 6.54 Å². The molecule has 1 saturated heterocycles. The van der Waals surface area contributed by atoms with E-state index in [4.69, 9.17) is 0 Å². The fourth-order valence-corrected chi connectivity index (χ4v) is 2.96. The Kier molecular flexibility index (Phi) is 5.26. The highest BCUT2D eigenvalue weighted by Crippen LogP contribution is 2.20. The van der Waals surface area contributed by atoms with Gasteiger partial charge in [0.05, 0.1) is 0 Å². The fraction of sp³-hybridized carbons (Fsp3) is 0.647. The van der Waals surface area contributed by atoms with Gasteiger partial charge >= 0.3 is 0 Å². The highest BCUT2D eigenvalue weighted by atomic mass is 15.1. The normalized spacial score (nSPS) is 16.4. The van der Waals surface area contributed by atoms with Crippen LogP contribution in [0, 0.1) is 5.92 Å². The number of rotatable bonds is 5. The third kappa shape index (κ3) is 4.54. The van der Waals surface area contributed by atoms with Gasteiger partial charge < -0.3 is 9.80 Å². The number of hydrogen-bond acceptors (Lipinski definition) is 2. The van der Waals surface area contributed by atoms with Crippen LogP contribution in [0.5, 0.6) is 0 Å². The molecule has 1 heterocycles. The molecule has 1 aromatic rings. The van der Waals surface area contributed by atoms with E-state index >= 15 is 0 Å². The minimum Gasteiger partial charge on any atom is -0.372 e. The van der Waals surface area contributed by atoms with Crippen molar-refractivity contribution in [1.29, 1.82) is 0 Å². The van der Waals surface area contributed by atoms with Crippen LogP contribution in [0.2, 0.25) is 0 Å². The molecule has 1 aromatic carbocycles. The van der Waals surface area contributed by atoms with Crippen LogP contribution in [-0.4, -0.2) is 31.6 Å². The van der Waals surface area contributed by atoms with Crippen LogP contribution in [0.1, 0.15) is 38.7 Å². The van der Waals surface area contributed by atoms with Gasteiger partial charge in [-0.3, -0.25) is 0 Å². The molecule has 0 spiro atoms. The predicted molar refractivity (Wildman–Crippen MR) is 83.7 cm³/mol. The third-order valence-electron chi connectivity index (χ3n) is 3.79. The van der Waals surface area contributed by atoms with Gasteiger partial charge in [0.25, 0.3) is 0 Å². The van der Waals surface area contributed by atoms with E-state index in [-0.39, 0.29) is 0 Å². The molecular weight excluding hydrogens is 232 g/mol. The van der Waals surface area contributed by atoms with Crippen molar-refractivity contribution in [2.24, 2.45) is 5.92 Å². The molecule has 1 aliphatic rings. The average Bonchev–Trinajstić information content (AvgIpc) is 2.39. The van der Waals surface area contributed by atoms with Crippen LogP contribution in [0.3, 0.4) is 0 Å². The first-order chi connectivity index (χ1) is 9.15. The predicted octanol–water partition coefficient (Wildman–Crippen LogP) is 3.76. The van der Waals surface area contributed by atoms with E-state index in [1.54, 1.807) is 0 Å². The third-order valence-corrected chi connectivity index (χ3v) is 3.79. The van der Waals surface area contributed by atoms with E-state index in [9.17, 15) is 0 Å². The molecule has 0 aromatic heterocycles. The Morgan fingerprint density at radius 3 is 2.26 bits per heavy atom. The molecule has 0 saturated carbocycles. The summed E-state index contributed by atoms with van der Waals surface area (Å²) in [5.41, 5.74) is 2.82. The van der Waals surface area contributed by atoms with Crippen molar-refractivity contribution in [3.8, 4) is 0 Å². The molecule has 0 bridgehead atoms. The zero-order chi connectivity index (χ0) is 13.7. The highest BCUT2D eigenvalue weighted by Gasteiger charge is 2.10. The number of piperidine rings is 1. The maximum Gasteiger partial charge on any atom is 0.0366 e. The van der Waals surface area contributed by atoms with Gasteiger partial charge in [-0.1, -0.05) is 26.0 Å². The minimum atomic E-state index is 0.734. The molecule has 1 fully saturated rings. The lowest BCUT2D eigenvalue weighted by Gasteiger charge is -2.29. The Bertz CT molecular complexity index is 363. The van der Waals surface area contributed by atoms with Crippen LogP contribution < -0.4 is 4.90 Å². The summed E-state index contributed by atoms with van der Waals surface area (Å²) in [6.45, 7) is 9.22. The SMILES string of the molecule is CC(C)CN(C)Cc1ccc(N2CCCCC2)cc1. The lowest BCUT2D eigenvalue weighted by atomic mass is 10.1. The number of benzene rings is 1. The summed E-state index contributed by atoms with van der Waals surface area (Å²) in [6.07, 6.45) is 4.09. The molecule has 0 amide bonds. The Balaban J connectivity index is 1.90. The fourth-order valence-electron chi connectivity index (χ4n) is 2.96. The zero-order valence-corrected chi connectivity index (χ0v) is 12.7. The van der Waals surface area contributed by atoms with Gasteiger partial charge in [-0.2, -0.15) is 0 Å². The van der Waals surface area contributed by atoms with Crippen LogP contribution in [0.25, 0.3) is 0 Å². The van der Waals surface area contributed by atoms with E-state index in [1.165, 1.54) is 43.6 Å². The number of anilines is 1. The molecule has 106 valence electrons. The number of nitrogens with zero attached hydrogens (tertiary/aromatic N) is 2. The standard InChI is InChI=1S/C17H28N2/c1-15(2)13-18(3)14-16-7-9-17(10-8-16)19-11-5-4-6-12-19/h7-10,15H,4-6,11-14H2,1-3H3. The molecule has 0 aliphatic carbocycles. The van der Waals surface area contributed by atoms with Crippen molar-refractivity contribution >= 4 is 5.69 Å². The van der Waals surface area contributed by atoms with Crippen molar-refractivity contribution in [2.75, 3.05) is 31.6 Å². The summed E-state index contributed by atoms with van der Waals surface area (Å²) in [5, 5.41) is 0. The maximum atomic E-state index is 2.52. The molecule has 19 heavy (non-hydrogen) atoms. The molecule has 0 atom stereocenters. The molecule has 0 unspecified atom stereocenters. The molecule has 0 radical (unpaired) electrons. The van der Waals surface area contributed by atoms with Gasteiger partial charge in [-0.05, 0) is 49.9 Å². The highest BCUT2D eigenvalue weighted by molar-refractivity contribution is 5.47. The van der Waals surface area contributed by atoms with E-state index in [2.05, 4.69) is 55.0 Å². The van der Waals surface area contributed by atoms with Crippen molar-refractivity contribution < 1.29 is 0 Å². The quantitative estimate of drug-likeness (QED) is 0.795. The molecule has 2 rings (SSSR count). The van der Waals surface area contributed by atoms with Crippen molar-refractivity contribution in [2.45, 2.75) is 39.7 Å². The molecule has 1 aliphatic heterocycles. The summed E-state index contributed by atoms with van der Waals surface area (Å²) in [7, 11) is 2.21. The van der Waals surface area contributed by atoms with E-state index in [0.29, 0.717) is 0 Å². The lowest BCUT2D eigenvalue weighted by Crippen LogP contribution is -2.29. The number of hydrogen-bond donors (Lipinski definition) is 0. The summed E-state index contributed by atoms with van der Waals surface area (Å²) < 4.78 is 0. The summed E-state index contributed by atoms with van der Waals surface area (Å²) in [4.78, 5) is 4.92. The van der Waals surface area contributed by atoms with Gasteiger partial charge in [-0.15, -0.1) is 0 Å². The van der Waals surface area contributed by atoms with Gasteiger partial charge in [0.2, 0.25) is 0 Å². The Labute approximate surface area is 118 Å². The van der Waals surface area contributed by atoms with E-state index in [0.717, 1.165) is 19.0 Å². The summed E-state index contributed by atoms with van der Waals surface area (Å²) in [6, 6.07) is 9.18. The van der Waals surface area contributed by atoms with Crippen LogP contribution in [0.15, 0.2) is 24.3 Å². The van der Waals surface area contributed by atoms with Crippen LogP contribution in [0.4, 0.5) is 5.69 Å². The summed E-state index contributed by atoms with van der Waals surface area (Å²) in [5.74, 6) is 0.734. The Morgan fingerprint density at radius 2 is 1.68 bits per heavy atom. The molecule has 0 N–H and O–H groups in total. The zero-order valence-electron chi connectivity index (χ0n) is 12.7. The van der Waals surface area contributed by atoms with Crippen LogP contribution >= 0.6 is 0 Å².